The number of rotatable bonds is 5. The number of hydrogen-bond donors (Lipinski definition) is 0. The summed E-state index contributed by atoms with van der Waals surface area (Å²) in [5.41, 5.74) is -1.21. The Hall–Kier alpha value is -3.94. The van der Waals surface area contributed by atoms with Gasteiger partial charge in [0.05, 0.1) is 25.4 Å². The highest BCUT2D eigenvalue weighted by molar-refractivity contribution is 6.17. The zero-order valence-electron chi connectivity index (χ0n) is 25.0. The molecule has 1 saturated carbocycles. The van der Waals surface area contributed by atoms with Crippen molar-refractivity contribution in [1.82, 2.24) is 0 Å². The maximum absolute atomic E-state index is 14.0. The van der Waals surface area contributed by atoms with Crippen LogP contribution in [0.1, 0.15) is 66.4 Å². The van der Waals surface area contributed by atoms with E-state index in [-0.39, 0.29) is 30.4 Å². The van der Waals surface area contributed by atoms with Gasteiger partial charge in [0.15, 0.2) is 5.41 Å². The highest BCUT2D eigenvalue weighted by Gasteiger charge is 2.58. The van der Waals surface area contributed by atoms with Gasteiger partial charge < -0.3 is 18.9 Å². The van der Waals surface area contributed by atoms with Crippen LogP contribution < -0.4 is 0 Å². The zero-order chi connectivity index (χ0) is 30.3. The van der Waals surface area contributed by atoms with E-state index >= 15 is 0 Å². The van der Waals surface area contributed by atoms with Gasteiger partial charge in [-0.25, -0.2) is 9.59 Å². The molecule has 0 aliphatic heterocycles. The van der Waals surface area contributed by atoms with Gasteiger partial charge in [0.1, 0.15) is 11.2 Å². The number of allylic oxidation sites excluding steroid dienone is 1. The fraction of sp³-hybridized carbons (Fsp3) is 0.455. The molecule has 41 heavy (non-hydrogen) atoms. The topological polar surface area (TPSA) is 105 Å². The van der Waals surface area contributed by atoms with E-state index in [0.29, 0.717) is 16.7 Å². The van der Waals surface area contributed by atoms with E-state index in [1.807, 2.05) is 42.5 Å². The van der Waals surface area contributed by atoms with Crippen LogP contribution in [0.2, 0.25) is 0 Å². The van der Waals surface area contributed by atoms with E-state index < -0.39 is 46.4 Å². The average Bonchev–Trinajstić information content (AvgIpc) is 3.29. The van der Waals surface area contributed by atoms with Crippen LogP contribution in [-0.2, 0) is 38.1 Å². The maximum Gasteiger partial charge on any atom is 0.339 e. The van der Waals surface area contributed by atoms with Gasteiger partial charge >= 0.3 is 23.9 Å². The lowest BCUT2D eigenvalue weighted by Gasteiger charge is -2.31. The first-order chi connectivity index (χ1) is 19.1. The molecule has 2 aromatic carbocycles. The Morgan fingerprint density at radius 2 is 1.34 bits per heavy atom. The molecule has 8 heteroatoms. The smallest absolute Gasteiger partial charge is 0.339 e. The number of carbonyl (C=O) groups is 4. The second-order valence-electron chi connectivity index (χ2n) is 12.6. The summed E-state index contributed by atoms with van der Waals surface area (Å²) < 4.78 is 21.9. The molecular weight excluding hydrogens is 524 g/mol. The molecular formula is C33H38O8. The third kappa shape index (κ3) is 5.78. The number of hydrogen-bond acceptors (Lipinski definition) is 8. The lowest BCUT2D eigenvalue weighted by Crippen LogP contribution is -2.39. The standard InChI is InChI=1S/C33H38O8/c1-31(2,3)40-27(34)23-16-20-17-33(29(36)38-7,30(37)39-8)18-24(20)25(26(23)28(35)41-32(4,5)6)22-15-11-13-19-12-9-10-14-21(19)22/h9-15,20H,16-18H2,1-8H3/t20-/m1/s1. The molecule has 0 bridgehead atoms. The predicted molar refractivity (Wildman–Crippen MR) is 153 cm³/mol. The average molecular weight is 563 g/mol. The van der Waals surface area contributed by atoms with Crippen molar-refractivity contribution >= 4 is 40.2 Å². The molecule has 0 N–H and O–H groups in total. The van der Waals surface area contributed by atoms with E-state index in [0.717, 1.165) is 10.8 Å². The van der Waals surface area contributed by atoms with Gasteiger partial charge in [-0.05, 0) is 88.6 Å². The van der Waals surface area contributed by atoms with Crippen molar-refractivity contribution in [3.8, 4) is 0 Å². The molecule has 0 amide bonds. The molecule has 0 saturated heterocycles. The summed E-state index contributed by atoms with van der Waals surface area (Å²) in [5, 5.41) is 1.77. The summed E-state index contributed by atoms with van der Waals surface area (Å²) in [4.78, 5) is 54.2. The largest absolute Gasteiger partial charge is 0.468 e. The lowest BCUT2D eigenvalue weighted by atomic mass is 9.76. The molecule has 1 atom stereocenters. The Labute approximate surface area is 240 Å². The molecule has 0 unspecified atom stereocenters. The van der Waals surface area contributed by atoms with Crippen LogP contribution in [-0.4, -0.2) is 49.3 Å². The molecule has 1 fully saturated rings. The third-order valence-electron chi connectivity index (χ3n) is 7.36. The number of carbonyl (C=O) groups excluding carboxylic acids is 4. The fourth-order valence-electron chi connectivity index (χ4n) is 5.85. The molecule has 2 aliphatic carbocycles. The highest BCUT2D eigenvalue weighted by Crippen LogP contribution is 2.56. The maximum atomic E-state index is 14.0. The summed E-state index contributed by atoms with van der Waals surface area (Å²) in [6.07, 6.45) is 0.121. The van der Waals surface area contributed by atoms with Crippen molar-refractivity contribution in [1.29, 1.82) is 0 Å². The van der Waals surface area contributed by atoms with Crippen molar-refractivity contribution in [3.05, 3.63) is 64.7 Å². The van der Waals surface area contributed by atoms with Crippen molar-refractivity contribution in [3.63, 3.8) is 0 Å². The summed E-state index contributed by atoms with van der Waals surface area (Å²) in [6, 6.07) is 13.4. The van der Waals surface area contributed by atoms with Gasteiger partial charge in [-0.1, -0.05) is 48.0 Å². The Bertz CT molecular complexity index is 1460. The number of benzene rings is 2. The number of fused-ring (bicyclic) bond motifs is 2. The second kappa shape index (κ2) is 10.8. The minimum Gasteiger partial charge on any atom is -0.468 e. The summed E-state index contributed by atoms with van der Waals surface area (Å²) in [6.45, 7) is 10.5. The normalized spacial score (nSPS) is 18.6. The van der Waals surface area contributed by atoms with Gasteiger partial charge in [-0.3, -0.25) is 9.59 Å². The molecule has 2 aliphatic rings. The van der Waals surface area contributed by atoms with Crippen LogP contribution in [0.15, 0.2) is 59.2 Å². The fourth-order valence-corrected chi connectivity index (χ4v) is 5.85. The summed E-state index contributed by atoms with van der Waals surface area (Å²) in [7, 11) is 2.46. The molecule has 218 valence electrons. The molecule has 0 heterocycles. The van der Waals surface area contributed by atoms with Gasteiger partial charge in [0.2, 0.25) is 0 Å². The second-order valence-corrected chi connectivity index (χ2v) is 12.6. The van der Waals surface area contributed by atoms with E-state index in [4.69, 9.17) is 18.9 Å². The molecule has 0 radical (unpaired) electrons. The summed E-state index contributed by atoms with van der Waals surface area (Å²) in [5.74, 6) is -3.21. The van der Waals surface area contributed by atoms with Gasteiger partial charge in [-0.2, -0.15) is 0 Å². The Kier molecular flexibility index (Phi) is 7.91. The van der Waals surface area contributed by atoms with Crippen molar-refractivity contribution in [2.45, 2.75) is 72.0 Å². The van der Waals surface area contributed by atoms with Crippen molar-refractivity contribution < 1.29 is 38.1 Å². The monoisotopic (exact) mass is 562 g/mol. The molecule has 4 rings (SSSR count). The molecule has 8 nitrogen and oxygen atoms in total. The van der Waals surface area contributed by atoms with Crippen LogP contribution in [0.3, 0.4) is 0 Å². The zero-order valence-corrected chi connectivity index (χ0v) is 25.0. The van der Waals surface area contributed by atoms with Crippen LogP contribution in [0, 0.1) is 11.3 Å². The van der Waals surface area contributed by atoms with Crippen LogP contribution >= 0.6 is 0 Å². The first-order valence-electron chi connectivity index (χ1n) is 13.7. The van der Waals surface area contributed by atoms with Crippen molar-refractivity contribution in [2.24, 2.45) is 11.3 Å². The van der Waals surface area contributed by atoms with E-state index in [1.54, 1.807) is 41.5 Å². The predicted octanol–water partition coefficient (Wildman–Crippen LogP) is 5.72. The van der Waals surface area contributed by atoms with Gasteiger partial charge in [-0.15, -0.1) is 0 Å². The SMILES string of the molecule is COC(=O)C1(C(=O)OC)CC2=C(c3cccc4ccccc34)C(C(=O)OC(C)(C)C)=C(C(=O)OC(C)(C)C)C[C@@H]2C1. The first-order valence-corrected chi connectivity index (χ1v) is 13.7. The first kappa shape index (κ1) is 30.0. The summed E-state index contributed by atoms with van der Waals surface area (Å²) >= 11 is 0. The lowest BCUT2D eigenvalue weighted by molar-refractivity contribution is -0.168. The number of methoxy groups -OCH3 is 2. The van der Waals surface area contributed by atoms with E-state index in [1.165, 1.54) is 14.2 Å². The quantitative estimate of drug-likeness (QED) is 0.259. The Morgan fingerprint density at radius 3 is 1.93 bits per heavy atom. The minimum absolute atomic E-state index is 0.0243. The number of ether oxygens (including phenoxy) is 4. The highest BCUT2D eigenvalue weighted by atomic mass is 16.6. The molecule has 0 aromatic heterocycles. The third-order valence-corrected chi connectivity index (χ3v) is 7.36. The van der Waals surface area contributed by atoms with Crippen LogP contribution in [0.4, 0.5) is 0 Å². The molecule has 2 aromatic rings. The van der Waals surface area contributed by atoms with Crippen LogP contribution in [0.25, 0.3) is 16.3 Å². The van der Waals surface area contributed by atoms with E-state index in [9.17, 15) is 19.2 Å². The van der Waals surface area contributed by atoms with Gasteiger partial charge in [0, 0.05) is 0 Å². The van der Waals surface area contributed by atoms with Crippen molar-refractivity contribution in [2.75, 3.05) is 14.2 Å². The minimum atomic E-state index is -1.62. The van der Waals surface area contributed by atoms with Crippen LogP contribution in [0.5, 0.6) is 0 Å². The van der Waals surface area contributed by atoms with Gasteiger partial charge in [0.25, 0.3) is 0 Å². The Balaban J connectivity index is 2.08. The molecule has 0 spiro atoms. The van der Waals surface area contributed by atoms with E-state index in [2.05, 4.69) is 0 Å². The number of esters is 4. The Morgan fingerprint density at radius 1 is 0.780 bits per heavy atom.